The van der Waals surface area contributed by atoms with Gasteiger partial charge in [-0.2, -0.15) is 0 Å². The first-order chi connectivity index (χ1) is 16.1. The van der Waals surface area contributed by atoms with Crippen LogP contribution in [0, 0.1) is 5.82 Å². The van der Waals surface area contributed by atoms with E-state index in [-0.39, 0.29) is 39.5 Å². The van der Waals surface area contributed by atoms with E-state index in [4.69, 9.17) is 0 Å². The number of carbonyl (C=O) groups is 2. The normalized spacial score (nSPS) is 15.5. The third-order valence-corrected chi connectivity index (χ3v) is 7.20. The largest absolute Gasteiger partial charge is 0.412 e. The van der Waals surface area contributed by atoms with Gasteiger partial charge in [-0.05, 0) is 73.1 Å². The summed E-state index contributed by atoms with van der Waals surface area (Å²) >= 11 is 0. The van der Waals surface area contributed by atoms with E-state index < -0.39 is 0 Å². The molecule has 1 saturated heterocycles. The Morgan fingerprint density at radius 1 is 0.838 bits per heavy atom. The Balaban J connectivity index is 0.00000120. The molecule has 1 fully saturated rings. The summed E-state index contributed by atoms with van der Waals surface area (Å²) in [7, 11) is 0. The van der Waals surface area contributed by atoms with Gasteiger partial charge in [-0.25, -0.2) is 4.39 Å². The minimum absolute atomic E-state index is 0. The van der Waals surface area contributed by atoms with Crippen molar-refractivity contribution in [2.75, 3.05) is 26.2 Å². The fourth-order valence-corrected chi connectivity index (χ4v) is 5.44. The predicted octanol–water partition coefficient (Wildman–Crippen LogP) is 1.64. The summed E-state index contributed by atoms with van der Waals surface area (Å²) in [4.78, 5) is 33.2. The number of halogens is 1. The number of fused-ring (bicyclic) bond motifs is 1. The molecule has 0 aliphatic carbocycles. The van der Waals surface area contributed by atoms with Crippen LogP contribution in [0.1, 0.15) is 45.0 Å². The Hall–Kier alpha value is -3.67. The average Bonchev–Trinajstić information content (AvgIpc) is 3.26. The molecule has 9 N–H and O–H groups in total. The summed E-state index contributed by atoms with van der Waals surface area (Å²) in [6, 6.07) is 16.1. The SMILES string of the molecule is O.O.O.O.O=C1c2cccc3cccc(c23)C(=O)N1CCN1CCC(c2c[nH]c3ccc(F)cc23)CC1. The number of aromatic amines is 1. The van der Waals surface area contributed by atoms with Gasteiger partial charge in [0.25, 0.3) is 11.8 Å². The number of rotatable bonds is 4. The van der Waals surface area contributed by atoms with E-state index in [2.05, 4.69) is 9.88 Å². The number of hydrogen-bond acceptors (Lipinski definition) is 3. The van der Waals surface area contributed by atoms with Crippen LogP contribution in [0.2, 0.25) is 0 Å². The maximum atomic E-state index is 13.7. The highest BCUT2D eigenvalue weighted by Crippen LogP contribution is 2.34. The van der Waals surface area contributed by atoms with Crippen molar-refractivity contribution in [2.45, 2.75) is 18.8 Å². The molecule has 3 aromatic carbocycles. The molecule has 0 radical (unpaired) electrons. The molecule has 6 rings (SSSR count). The molecule has 0 spiro atoms. The van der Waals surface area contributed by atoms with Crippen LogP contribution in [0.3, 0.4) is 0 Å². The molecule has 0 unspecified atom stereocenters. The van der Waals surface area contributed by atoms with Gasteiger partial charge >= 0.3 is 0 Å². The Bertz CT molecular complexity index is 1360. The van der Waals surface area contributed by atoms with Gasteiger partial charge in [0.1, 0.15) is 5.82 Å². The molecule has 3 heterocycles. The zero-order valence-corrected chi connectivity index (χ0v) is 20.2. The number of hydrogen-bond donors (Lipinski definition) is 1. The van der Waals surface area contributed by atoms with Gasteiger partial charge < -0.3 is 31.8 Å². The topological polar surface area (TPSA) is 182 Å². The van der Waals surface area contributed by atoms with Crippen LogP contribution in [-0.4, -0.2) is 74.7 Å². The number of nitrogens with zero attached hydrogens (tertiary/aromatic N) is 2. The Morgan fingerprint density at radius 3 is 2.08 bits per heavy atom. The summed E-state index contributed by atoms with van der Waals surface area (Å²) < 4.78 is 13.7. The minimum atomic E-state index is -0.214. The quantitative estimate of drug-likeness (QED) is 0.408. The number of piperidine rings is 1. The van der Waals surface area contributed by atoms with E-state index in [1.807, 2.05) is 42.6 Å². The lowest BCUT2D eigenvalue weighted by molar-refractivity contribution is 0.0586. The van der Waals surface area contributed by atoms with Gasteiger partial charge in [-0.3, -0.25) is 14.5 Å². The molecule has 1 aromatic heterocycles. The van der Waals surface area contributed by atoms with E-state index >= 15 is 0 Å². The third kappa shape index (κ3) is 4.97. The van der Waals surface area contributed by atoms with Gasteiger partial charge in [0, 0.05) is 46.7 Å². The van der Waals surface area contributed by atoms with Crippen LogP contribution in [0.5, 0.6) is 0 Å². The molecule has 0 atom stereocenters. The molecular weight excluding hydrogens is 481 g/mol. The number of likely N-dealkylation sites (tertiary alicyclic amines) is 1. The predicted molar refractivity (Wildman–Crippen MR) is 140 cm³/mol. The molecule has 9 nitrogen and oxygen atoms in total. The van der Waals surface area contributed by atoms with Gasteiger partial charge in [0.05, 0.1) is 0 Å². The first-order valence-corrected chi connectivity index (χ1v) is 11.5. The van der Waals surface area contributed by atoms with E-state index in [1.165, 1.54) is 16.5 Å². The molecule has 0 saturated carbocycles. The number of imide groups is 1. The lowest BCUT2D eigenvalue weighted by Crippen LogP contribution is -2.45. The second-order valence-electron chi connectivity index (χ2n) is 9.02. The van der Waals surface area contributed by atoms with E-state index in [0.717, 1.165) is 47.6 Å². The van der Waals surface area contributed by atoms with Crippen molar-refractivity contribution in [3.63, 3.8) is 0 Å². The summed E-state index contributed by atoms with van der Waals surface area (Å²) in [6.45, 7) is 2.81. The van der Waals surface area contributed by atoms with E-state index in [9.17, 15) is 14.0 Å². The highest BCUT2D eigenvalue weighted by atomic mass is 19.1. The molecule has 2 aliphatic heterocycles. The molecule has 4 aromatic rings. The van der Waals surface area contributed by atoms with E-state index in [0.29, 0.717) is 30.1 Å². The number of amides is 2. The first kappa shape index (κ1) is 29.6. The molecule has 198 valence electrons. The van der Waals surface area contributed by atoms with Crippen molar-refractivity contribution in [1.82, 2.24) is 14.8 Å². The van der Waals surface area contributed by atoms with Crippen LogP contribution in [0.4, 0.5) is 4.39 Å². The minimum Gasteiger partial charge on any atom is -0.412 e. The average molecular weight is 514 g/mol. The number of H-pyrrole nitrogens is 1. The standard InChI is InChI=1S/C27H24FN3O2.4H2O/c28-19-7-8-24-22(15-19)23(16-29-24)17-9-11-30(12-10-17)13-14-31-26(32)20-5-1-3-18-4-2-6-21(25(18)20)27(31)33;;;;/h1-8,15-17,29H,9-14H2;4*1H2. The Morgan fingerprint density at radius 2 is 1.46 bits per heavy atom. The fraction of sp³-hybridized carbons (Fsp3) is 0.259. The van der Waals surface area contributed by atoms with Crippen LogP contribution < -0.4 is 0 Å². The summed E-state index contributed by atoms with van der Waals surface area (Å²) in [6.07, 6.45) is 3.94. The van der Waals surface area contributed by atoms with Crippen LogP contribution >= 0.6 is 0 Å². The molecule has 10 heteroatoms. The lowest BCUT2D eigenvalue weighted by Gasteiger charge is -2.34. The summed E-state index contributed by atoms with van der Waals surface area (Å²) in [5, 5.41) is 2.65. The second kappa shape index (κ2) is 11.6. The van der Waals surface area contributed by atoms with Crippen LogP contribution in [0.15, 0.2) is 60.8 Å². The zero-order valence-electron chi connectivity index (χ0n) is 20.2. The first-order valence-electron chi connectivity index (χ1n) is 11.5. The monoisotopic (exact) mass is 513 g/mol. The van der Waals surface area contributed by atoms with Gasteiger partial charge in [-0.15, -0.1) is 0 Å². The molecule has 37 heavy (non-hydrogen) atoms. The zero-order chi connectivity index (χ0) is 22.5. The van der Waals surface area contributed by atoms with Crippen LogP contribution in [-0.2, 0) is 0 Å². The van der Waals surface area contributed by atoms with Crippen molar-refractivity contribution < 1.29 is 35.9 Å². The molecule has 2 aliphatic rings. The number of benzene rings is 3. The highest BCUT2D eigenvalue weighted by molar-refractivity contribution is 6.25. The summed E-state index contributed by atoms with van der Waals surface area (Å²) in [5.41, 5.74) is 3.35. The van der Waals surface area contributed by atoms with Gasteiger partial charge in [0.2, 0.25) is 0 Å². The van der Waals surface area contributed by atoms with Gasteiger partial charge in [-0.1, -0.05) is 24.3 Å². The maximum Gasteiger partial charge on any atom is 0.261 e. The molecule has 2 amide bonds. The van der Waals surface area contributed by atoms with Gasteiger partial charge in [0.15, 0.2) is 0 Å². The second-order valence-corrected chi connectivity index (χ2v) is 9.02. The van der Waals surface area contributed by atoms with Crippen molar-refractivity contribution in [3.8, 4) is 0 Å². The fourth-order valence-electron chi connectivity index (χ4n) is 5.44. The highest BCUT2D eigenvalue weighted by Gasteiger charge is 2.33. The van der Waals surface area contributed by atoms with Crippen molar-refractivity contribution in [3.05, 3.63) is 83.3 Å². The molecule has 0 bridgehead atoms. The molecular formula is C27H32FN3O6. The van der Waals surface area contributed by atoms with Crippen LogP contribution in [0.25, 0.3) is 21.7 Å². The van der Waals surface area contributed by atoms with Crippen molar-refractivity contribution >= 4 is 33.5 Å². The summed E-state index contributed by atoms with van der Waals surface area (Å²) in [5.74, 6) is -0.256. The Kier molecular flexibility index (Phi) is 9.26. The third-order valence-electron chi connectivity index (χ3n) is 7.20. The number of nitrogens with one attached hydrogen (secondary N) is 1. The van der Waals surface area contributed by atoms with E-state index in [1.54, 1.807) is 12.1 Å². The van der Waals surface area contributed by atoms with Crippen molar-refractivity contribution in [2.24, 2.45) is 0 Å². The smallest absolute Gasteiger partial charge is 0.261 e. The number of aromatic nitrogens is 1. The van der Waals surface area contributed by atoms with Crippen molar-refractivity contribution in [1.29, 1.82) is 0 Å². The maximum absolute atomic E-state index is 13.7. The number of carbonyl (C=O) groups excluding carboxylic acids is 2. The lowest BCUT2D eigenvalue weighted by atomic mass is 9.89. The Labute approximate surface area is 212 Å².